The Bertz CT molecular complexity index is 737. The van der Waals surface area contributed by atoms with Crippen LogP contribution in [-0.2, 0) is 11.2 Å². The van der Waals surface area contributed by atoms with Crippen molar-refractivity contribution in [3.05, 3.63) is 65.2 Å². The van der Waals surface area contributed by atoms with Gasteiger partial charge in [0.1, 0.15) is 0 Å². The number of carbonyl (C=O) groups is 1. The first-order chi connectivity index (χ1) is 11.2. The topological polar surface area (TPSA) is 47.6 Å². The van der Waals surface area contributed by atoms with Crippen molar-refractivity contribution >= 4 is 12.0 Å². The zero-order valence-corrected chi connectivity index (χ0v) is 13.0. The summed E-state index contributed by atoms with van der Waals surface area (Å²) in [5.41, 5.74) is 3.31. The average Bonchev–Trinajstić information content (AvgIpc) is 3.01. The second-order valence-corrected chi connectivity index (χ2v) is 5.48. The van der Waals surface area contributed by atoms with Crippen LogP contribution in [0.3, 0.4) is 0 Å². The Morgan fingerprint density at radius 3 is 2.91 bits per heavy atom. The van der Waals surface area contributed by atoms with E-state index in [0.717, 1.165) is 29.0 Å². The summed E-state index contributed by atoms with van der Waals surface area (Å²) in [6, 6.07) is 13.9. The Labute approximate surface area is 135 Å². The average molecular weight is 309 g/mol. The van der Waals surface area contributed by atoms with E-state index in [1.165, 1.54) is 5.56 Å². The highest BCUT2D eigenvalue weighted by Gasteiger charge is 2.12. The Morgan fingerprint density at radius 2 is 2.04 bits per heavy atom. The molecule has 3 rings (SSSR count). The molecule has 0 aliphatic carbocycles. The van der Waals surface area contributed by atoms with Gasteiger partial charge in [0, 0.05) is 12.6 Å². The molecule has 118 valence electrons. The molecule has 0 saturated carbocycles. The number of nitrogens with one attached hydrogen (secondary N) is 1. The number of aryl methyl sites for hydroxylation is 1. The Morgan fingerprint density at radius 1 is 1.17 bits per heavy atom. The lowest BCUT2D eigenvalue weighted by Gasteiger charge is -2.04. The van der Waals surface area contributed by atoms with Gasteiger partial charge in [-0.25, -0.2) is 0 Å². The summed E-state index contributed by atoms with van der Waals surface area (Å²) in [4.78, 5) is 11.8. The van der Waals surface area contributed by atoms with Crippen molar-refractivity contribution in [1.29, 1.82) is 0 Å². The summed E-state index contributed by atoms with van der Waals surface area (Å²) >= 11 is 0. The van der Waals surface area contributed by atoms with E-state index in [1.807, 2.05) is 55.5 Å². The number of benzene rings is 2. The molecule has 1 N–H and O–H groups in total. The lowest BCUT2D eigenvalue weighted by atomic mass is 10.1. The van der Waals surface area contributed by atoms with E-state index >= 15 is 0 Å². The molecule has 0 unspecified atom stereocenters. The third kappa shape index (κ3) is 4.13. The molecule has 4 heteroatoms. The summed E-state index contributed by atoms with van der Waals surface area (Å²) in [5, 5.41) is 2.89. The minimum absolute atomic E-state index is 0.0905. The van der Waals surface area contributed by atoms with E-state index in [2.05, 4.69) is 5.32 Å². The second kappa shape index (κ2) is 7.01. The smallest absolute Gasteiger partial charge is 0.244 e. The zero-order valence-electron chi connectivity index (χ0n) is 13.0. The second-order valence-electron chi connectivity index (χ2n) is 5.48. The van der Waals surface area contributed by atoms with Crippen molar-refractivity contribution in [1.82, 2.24) is 5.32 Å². The first-order valence-corrected chi connectivity index (χ1v) is 7.62. The number of hydrogen-bond acceptors (Lipinski definition) is 3. The molecular formula is C19H19NO3. The number of amides is 1. The van der Waals surface area contributed by atoms with Crippen molar-refractivity contribution in [2.75, 3.05) is 13.3 Å². The van der Waals surface area contributed by atoms with E-state index in [0.29, 0.717) is 6.54 Å². The first kappa shape index (κ1) is 15.2. The molecule has 0 bridgehead atoms. The molecule has 1 heterocycles. The summed E-state index contributed by atoms with van der Waals surface area (Å²) < 4.78 is 10.6. The van der Waals surface area contributed by atoms with Crippen LogP contribution in [0.5, 0.6) is 11.5 Å². The van der Waals surface area contributed by atoms with Crippen molar-refractivity contribution in [2.45, 2.75) is 13.3 Å². The molecule has 0 radical (unpaired) electrons. The standard InChI is InChI=1S/C19H19NO3/c1-14-3-2-4-15(11-14)6-8-19(21)20-10-9-16-5-7-17-18(12-16)23-13-22-17/h2-8,11-12H,9-10,13H2,1H3,(H,20,21)/b8-6+. The van der Waals surface area contributed by atoms with Crippen molar-refractivity contribution in [3.8, 4) is 11.5 Å². The molecule has 1 amide bonds. The number of fused-ring (bicyclic) bond motifs is 1. The highest BCUT2D eigenvalue weighted by atomic mass is 16.7. The lowest BCUT2D eigenvalue weighted by Crippen LogP contribution is -2.23. The predicted octanol–water partition coefficient (Wildman–Crippen LogP) is 3.10. The van der Waals surface area contributed by atoms with E-state index < -0.39 is 0 Å². The third-order valence-corrected chi connectivity index (χ3v) is 3.62. The van der Waals surface area contributed by atoms with Gasteiger partial charge >= 0.3 is 0 Å². The van der Waals surface area contributed by atoms with Crippen LogP contribution in [0.2, 0.25) is 0 Å². The number of hydrogen-bond donors (Lipinski definition) is 1. The number of carbonyl (C=O) groups excluding carboxylic acids is 1. The molecule has 0 saturated heterocycles. The fourth-order valence-corrected chi connectivity index (χ4v) is 2.43. The molecule has 23 heavy (non-hydrogen) atoms. The van der Waals surface area contributed by atoms with Crippen LogP contribution in [-0.4, -0.2) is 19.2 Å². The summed E-state index contributed by atoms with van der Waals surface area (Å²) in [6.07, 6.45) is 4.14. The molecule has 0 atom stereocenters. The third-order valence-electron chi connectivity index (χ3n) is 3.62. The van der Waals surface area contributed by atoms with Gasteiger partial charge in [0.25, 0.3) is 0 Å². The fourth-order valence-electron chi connectivity index (χ4n) is 2.43. The molecule has 0 aromatic heterocycles. The van der Waals surface area contributed by atoms with Crippen LogP contribution in [0.25, 0.3) is 6.08 Å². The van der Waals surface area contributed by atoms with Gasteiger partial charge in [-0.2, -0.15) is 0 Å². The number of ether oxygens (including phenoxy) is 2. The van der Waals surface area contributed by atoms with Crippen LogP contribution in [0.4, 0.5) is 0 Å². The van der Waals surface area contributed by atoms with Crippen LogP contribution in [0.15, 0.2) is 48.5 Å². The summed E-state index contributed by atoms with van der Waals surface area (Å²) in [7, 11) is 0. The number of rotatable bonds is 5. The molecule has 4 nitrogen and oxygen atoms in total. The van der Waals surface area contributed by atoms with Gasteiger partial charge in [-0.05, 0) is 42.7 Å². The normalized spacial score (nSPS) is 12.6. The zero-order chi connectivity index (χ0) is 16.1. The first-order valence-electron chi connectivity index (χ1n) is 7.62. The van der Waals surface area contributed by atoms with E-state index in [1.54, 1.807) is 6.08 Å². The Hall–Kier alpha value is -2.75. The largest absolute Gasteiger partial charge is 0.454 e. The van der Waals surface area contributed by atoms with Crippen LogP contribution >= 0.6 is 0 Å². The maximum absolute atomic E-state index is 11.8. The quantitative estimate of drug-likeness (QED) is 0.863. The van der Waals surface area contributed by atoms with Crippen molar-refractivity contribution in [3.63, 3.8) is 0 Å². The van der Waals surface area contributed by atoms with Gasteiger partial charge in [0.15, 0.2) is 11.5 Å². The van der Waals surface area contributed by atoms with Gasteiger partial charge in [0.2, 0.25) is 12.7 Å². The van der Waals surface area contributed by atoms with E-state index in [9.17, 15) is 4.79 Å². The molecule has 0 fully saturated rings. The van der Waals surface area contributed by atoms with Crippen LogP contribution in [0.1, 0.15) is 16.7 Å². The van der Waals surface area contributed by atoms with Crippen LogP contribution in [0, 0.1) is 6.92 Å². The van der Waals surface area contributed by atoms with Gasteiger partial charge in [-0.15, -0.1) is 0 Å². The Balaban J connectivity index is 1.47. The molecule has 1 aliphatic heterocycles. The highest BCUT2D eigenvalue weighted by molar-refractivity contribution is 5.91. The lowest BCUT2D eigenvalue weighted by molar-refractivity contribution is -0.116. The van der Waals surface area contributed by atoms with Gasteiger partial charge in [-0.1, -0.05) is 35.9 Å². The van der Waals surface area contributed by atoms with Crippen LogP contribution < -0.4 is 14.8 Å². The van der Waals surface area contributed by atoms with E-state index in [4.69, 9.17) is 9.47 Å². The molecular weight excluding hydrogens is 290 g/mol. The fraction of sp³-hybridized carbons (Fsp3) is 0.211. The predicted molar refractivity (Wildman–Crippen MR) is 89.5 cm³/mol. The van der Waals surface area contributed by atoms with Crippen molar-refractivity contribution in [2.24, 2.45) is 0 Å². The van der Waals surface area contributed by atoms with Gasteiger partial charge in [-0.3, -0.25) is 4.79 Å². The minimum atomic E-state index is -0.0905. The molecule has 2 aromatic carbocycles. The molecule has 0 spiro atoms. The monoisotopic (exact) mass is 309 g/mol. The molecule has 1 aliphatic rings. The SMILES string of the molecule is Cc1cccc(/C=C/C(=O)NCCc2ccc3c(c2)OCO3)c1. The van der Waals surface area contributed by atoms with Crippen molar-refractivity contribution < 1.29 is 14.3 Å². The summed E-state index contributed by atoms with van der Waals surface area (Å²) in [6.45, 7) is 2.89. The minimum Gasteiger partial charge on any atom is -0.454 e. The maximum atomic E-state index is 11.8. The highest BCUT2D eigenvalue weighted by Crippen LogP contribution is 2.32. The molecule has 2 aromatic rings. The maximum Gasteiger partial charge on any atom is 0.244 e. The van der Waals surface area contributed by atoms with Gasteiger partial charge in [0.05, 0.1) is 0 Å². The van der Waals surface area contributed by atoms with E-state index in [-0.39, 0.29) is 12.7 Å². The Kier molecular flexibility index (Phi) is 4.62. The summed E-state index contributed by atoms with van der Waals surface area (Å²) in [5.74, 6) is 1.46. The van der Waals surface area contributed by atoms with Gasteiger partial charge < -0.3 is 14.8 Å².